The van der Waals surface area contributed by atoms with Gasteiger partial charge in [0, 0.05) is 22.3 Å². The smallest absolute Gasteiger partial charge is 0.241 e. The first kappa shape index (κ1) is 14.4. The number of anilines is 1. The van der Waals surface area contributed by atoms with E-state index in [1.165, 1.54) is 0 Å². The molecule has 2 aromatic carbocycles. The molecule has 1 N–H and O–H groups in total. The van der Waals surface area contributed by atoms with Crippen LogP contribution in [0.15, 0.2) is 42.5 Å². The number of amides is 1. The number of halogens is 2. The summed E-state index contributed by atoms with van der Waals surface area (Å²) in [5.74, 6) is 0.0333. The molecule has 0 saturated carbocycles. The van der Waals surface area contributed by atoms with Crippen molar-refractivity contribution >= 4 is 34.8 Å². The fourth-order valence-corrected chi connectivity index (χ4v) is 2.92. The second kappa shape index (κ2) is 6.06. The van der Waals surface area contributed by atoms with E-state index in [4.69, 9.17) is 23.2 Å². The van der Waals surface area contributed by atoms with Gasteiger partial charge in [-0.15, -0.1) is 0 Å². The highest BCUT2D eigenvalue weighted by Gasteiger charge is 2.22. The predicted molar refractivity (Wildman–Crippen MR) is 85.8 cm³/mol. The topological polar surface area (TPSA) is 32.3 Å². The third-order valence-corrected chi connectivity index (χ3v) is 4.11. The van der Waals surface area contributed by atoms with Crippen molar-refractivity contribution in [2.45, 2.75) is 13.1 Å². The van der Waals surface area contributed by atoms with Crippen LogP contribution in [0.4, 0.5) is 5.69 Å². The van der Waals surface area contributed by atoms with E-state index >= 15 is 0 Å². The minimum Gasteiger partial charge on any atom is -0.307 e. The zero-order valence-corrected chi connectivity index (χ0v) is 12.8. The first-order valence-electron chi connectivity index (χ1n) is 6.68. The van der Waals surface area contributed by atoms with E-state index in [-0.39, 0.29) is 5.91 Å². The number of nitrogens with zero attached hydrogens (tertiary/aromatic N) is 1. The minimum absolute atomic E-state index is 0.0333. The van der Waals surface area contributed by atoms with E-state index < -0.39 is 0 Å². The van der Waals surface area contributed by atoms with Gasteiger partial charge in [-0.1, -0.05) is 47.5 Å². The summed E-state index contributed by atoms with van der Waals surface area (Å²) < 4.78 is 0. The van der Waals surface area contributed by atoms with Gasteiger partial charge in [0.05, 0.1) is 13.1 Å². The van der Waals surface area contributed by atoms with Crippen LogP contribution in [0.25, 0.3) is 0 Å². The van der Waals surface area contributed by atoms with Crippen molar-refractivity contribution in [2.24, 2.45) is 0 Å². The molecule has 0 fully saturated rings. The van der Waals surface area contributed by atoms with Crippen LogP contribution in [0, 0.1) is 0 Å². The molecule has 21 heavy (non-hydrogen) atoms. The number of hydrogen-bond donors (Lipinski definition) is 1. The zero-order chi connectivity index (χ0) is 14.8. The first-order valence-corrected chi connectivity index (χ1v) is 7.43. The van der Waals surface area contributed by atoms with Gasteiger partial charge in [0.25, 0.3) is 0 Å². The van der Waals surface area contributed by atoms with Crippen molar-refractivity contribution in [3.05, 3.63) is 63.6 Å². The fourth-order valence-electron chi connectivity index (χ4n) is 2.45. The second-order valence-corrected chi connectivity index (χ2v) is 5.79. The van der Waals surface area contributed by atoms with Gasteiger partial charge >= 0.3 is 0 Å². The molecule has 0 atom stereocenters. The van der Waals surface area contributed by atoms with Crippen LogP contribution in [0.1, 0.15) is 11.1 Å². The van der Waals surface area contributed by atoms with Crippen LogP contribution in [0.2, 0.25) is 10.0 Å². The average Bonchev–Trinajstić information content (AvgIpc) is 2.62. The Morgan fingerprint density at radius 1 is 1.10 bits per heavy atom. The number of para-hydroxylation sites is 1. The average molecular weight is 321 g/mol. The third-order valence-electron chi connectivity index (χ3n) is 3.52. The number of benzene rings is 2. The largest absolute Gasteiger partial charge is 0.307 e. The number of hydrogen-bond acceptors (Lipinski definition) is 2. The molecule has 3 nitrogen and oxygen atoms in total. The van der Waals surface area contributed by atoms with Crippen LogP contribution in [0.3, 0.4) is 0 Å². The molecule has 1 aliphatic rings. The lowest BCUT2D eigenvalue weighted by molar-refractivity contribution is -0.117. The Morgan fingerprint density at radius 3 is 2.71 bits per heavy atom. The number of rotatable bonds is 2. The maximum atomic E-state index is 12.4. The highest BCUT2D eigenvalue weighted by molar-refractivity contribution is 6.35. The van der Waals surface area contributed by atoms with Gasteiger partial charge in [-0.25, -0.2) is 0 Å². The third kappa shape index (κ3) is 3.05. The summed E-state index contributed by atoms with van der Waals surface area (Å²) in [4.78, 5) is 14.1. The molecule has 0 radical (unpaired) electrons. The predicted octanol–water partition coefficient (Wildman–Crippen LogP) is 3.63. The summed E-state index contributed by atoms with van der Waals surface area (Å²) in [6, 6.07) is 13.2. The van der Waals surface area contributed by atoms with Crippen molar-refractivity contribution < 1.29 is 4.79 Å². The summed E-state index contributed by atoms with van der Waals surface area (Å²) in [5.41, 5.74) is 2.91. The van der Waals surface area contributed by atoms with Crippen molar-refractivity contribution in [1.29, 1.82) is 0 Å². The van der Waals surface area contributed by atoms with Crippen LogP contribution in [0.5, 0.6) is 0 Å². The van der Waals surface area contributed by atoms with Crippen molar-refractivity contribution in [2.75, 3.05) is 11.4 Å². The number of carbonyl (C=O) groups is 1. The molecule has 2 aromatic rings. The summed E-state index contributed by atoms with van der Waals surface area (Å²) in [5, 5.41) is 4.31. The molecular formula is C16H14Cl2N2O. The molecule has 108 valence electrons. The highest BCUT2D eigenvalue weighted by atomic mass is 35.5. The maximum Gasteiger partial charge on any atom is 0.241 e. The normalized spacial score (nSPS) is 14.8. The molecule has 0 bridgehead atoms. The molecule has 1 amide bonds. The first-order chi connectivity index (χ1) is 10.1. The van der Waals surface area contributed by atoms with Gasteiger partial charge < -0.3 is 10.2 Å². The molecule has 0 unspecified atom stereocenters. The van der Waals surface area contributed by atoms with E-state index in [2.05, 4.69) is 5.32 Å². The van der Waals surface area contributed by atoms with E-state index in [1.54, 1.807) is 17.0 Å². The lowest BCUT2D eigenvalue weighted by atomic mass is 10.1. The minimum atomic E-state index is 0.0333. The van der Waals surface area contributed by atoms with Gasteiger partial charge in [0.15, 0.2) is 0 Å². The molecular weight excluding hydrogens is 307 g/mol. The van der Waals surface area contributed by atoms with Gasteiger partial charge in [-0.3, -0.25) is 4.79 Å². The monoisotopic (exact) mass is 320 g/mol. The summed E-state index contributed by atoms with van der Waals surface area (Å²) in [6.45, 7) is 1.44. The fraction of sp³-hybridized carbons (Fsp3) is 0.188. The molecule has 3 rings (SSSR count). The van der Waals surface area contributed by atoms with Crippen molar-refractivity contribution in [3.63, 3.8) is 0 Å². The van der Waals surface area contributed by atoms with E-state index in [0.29, 0.717) is 29.7 Å². The van der Waals surface area contributed by atoms with E-state index in [1.807, 2.05) is 30.3 Å². The molecule has 0 saturated heterocycles. The molecule has 1 aliphatic heterocycles. The standard InChI is InChI=1S/C16H14Cl2N2O/c17-13-6-5-12(14(18)7-13)10-20-15-4-2-1-3-11(15)8-19-9-16(20)21/h1-7,19H,8-10H2. The van der Waals surface area contributed by atoms with Gasteiger partial charge in [-0.05, 0) is 29.3 Å². The Balaban J connectivity index is 1.98. The SMILES string of the molecule is O=C1CNCc2ccccc2N1Cc1ccc(Cl)cc1Cl. The summed E-state index contributed by atoms with van der Waals surface area (Å²) in [6.07, 6.45) is 0. The summed E-state index contributed by atoms with van der Waals surface area (Å²) in [7, 11) is 0. The molecule has 0 aromatic heterocycles. The Hall–Kier alpha value is -1.55. The van der Waals surface area contributed by atoms with E-state index in [9.17, 15) is 4.79 Å². The van der Waals surface area contributed by atoms with Crippen molar-refractivity contribution in [1.82, 2.24) is 5.32 Å². The van der Waals surface area contributed by atoms with Crippen molar-refractivity contribution in [3.8, 4) is 0 Å². The molecule has 0 spiro atoms. The molecule has 5 heteroatoms. The van der Waals surface area contributed by atoms with Gasteiger partial charge in [-0.2, -0.15) is 0 Å². The van der Waals surface area contributed by atoms with Crippen LogP contribution >= 0.6 is 23.2 Å². The molecule has 1 heterocycles. The number of carbonyl (C=O) groups excluding carboxylic acids is 1. The second-order valence-electron chi connectivity index (χ2n) is 4.95. The Kier molecular flexibility index (Phi) is 4.15. The lowest BCUT2D eigenvalue weighted by Gasteiger charge is -2.23. The zero-order valence-electron chi connectivity index (χ0n) is 11.3. The number of fused-ring (bicyclic) bond motifs is 1. The van der Waals surface area contributed by atoms with Gasteiger partial charge in [0.2, 0.25) is 5.91 Å². The van der Waals surface area contributed by atoms with Crippen LogP contribution in [-0.4, -0.2) is 12.5 Å². The highest BCUT2D eigenvalue weighted by Crippen LogP contribution is 2.27. The Morgan fingerprint density at radius 2 is 1.90 bits per heavy atom. The van der Waals surface area contributed by atoms with E-state index in [0.717, 1.165) is 16.8 Å². The number of nitrogens with one attached hydrogen (secondary N) is 1. The maximum absolute atomic E-state index is 12.4. The summed E-state index contributed by atoms with van der Waals surface area (Å²) >= 11 is 12.1. The quantitative estimate of drug-likeness (QED) is 0.916. The molecule has 0 aliphatic carbocycles. The van der Waals surface area contributed by atoms with Crippen LogP contribution < -0.4 is 10.2 Å². The van der Waals surface area contributed by atoms with Crippen LogP contribution in [-0.2, 0) is 17.9 Å². The lowest BCUT2D eigenvalue weighted by Crippen LogP contribution is -2.35. The Labute approximate surface area is 133 Å². The van der Waals surface area contributed by atoms with Gasteiger partial charge in [0.1, 0.15) is 0 Å². The Bertz CT molecular complexity index is 688.